The van der Waals surface area contributed by atoms with Crippen LogP contribution in [-0.2, 0) is 0 Å². The lowest BCUT2D eigenvalue weighted by molar-refractivity contribution is 0.435. The standard InChI is InChI=1S/C13H14FN3O2/c1-8(2)17-6-5-16-12(13(17)18)19-11-7-9(14)3-4-10(11)15/h3-8H,15H2,1-2H3. The molecule has 100 valence electrons. The summed E-state index contributed by atoms with van der Waals surface area (Å²) >= 11 is 0. The lowest BCUT2D eigenvalue weighted by atomic mass is 10.3. The van der Waals surface area contributed by atoms with Crippen molar-refractivity contribution in [2.75, 3.05) is 5.73 Å². The minimum atomic E-state index is -0.496. The maximum Gasteiger partial charge on any atom is 0.313 e. The van der Waals surface area contributed by atoms with Crippen LogP contribution in [0, 0.1) is 5.82 Å². The van der Waals surface area contributed by atoms with Gasteiger partial charge in [-0.2, -0.15) is 0 Å². The number of nitrogens with two attached hydrogens (primary N) is 1. The number of halogens is 1. The Labute approximate surface area is 109 Å². The van der Waals surface area contributed by atoms with Crippen molar-refractivity contribution < 1.29 is 9.13 Å². The lowest BCUT2D eigenvalue weighted by Gasteiger charge is -2.11. The van der Waals surface area contributed by atoms with Crippen LogP contribution in [0.15, 0.2) is 35.4 Å². The molecular weight excluding hydrogens is 249 g/mol. The van der Waals surface area contributed by atoms with Crippen molar-refractivity contribution >= 4 is 5.69 Å². The van der Waals surface area contributed by atoms with Crippen LogP contribution in [-0.4, -0.2) is 9.55 Å². The lowest BCUT2D eigenvalue weighted by Crippen LogP contribution is -2.23. The van der Waals surface area contributed by atoms with Crippen LogP contribution >= 0.6 is 0 Å². The number of rotatable bonds is 3. The molecule has 0 fully saturated rings. The van der Waals surface area contributed by atoms with Crippen molar-refractivity contribution in [3.8, 4) is 11.6 Å². The minimum Gasteiger partial charge on any atom is -0.432 e. The Kier molecular flexibility index (Phi) is 3.50. The number of hydrogen-bond donors (Lipinski definition) is 1. The van der Waals surface area contributed by atoms with Crippen LogP contribution in [0.25, 0.3) is 0 Å². The van der Waals surface area contributed by atoms with Gasteiger partial charge in [0.1, 0.15) is 5.82 Å². The van der Waals surface area contributed by atoms with E-state index in [2.05, 4.69) is 4.98 Å². The van der Waals surface area contributed by atoms with E-state index < -0.39 is 5.82 Å². The molecule has 0 unspecified atom stereocenters. The molecule has 0 spiro atoms. The first kappa shape index (κ1) is 13.1. The van der Waals surface area contributed by atoms with Crippen molar-refractivity contribution in [2.45, 2.75) is 19.9 Å². The molecule has 0 amide bonds. The Morgan fingerprint density at radius 1 is 1.42 bits per heavy atom. The van der Waals surface area contributed by atoms with Gasteiger partial charge in [-0.25, -0.2) is 9.37 Å². The predicted molar refractivity (Wildman–Crippen MR) is 69.8 cm³/mol. The van der Waals surface area contributed by atoms with Crippen molar-refractivity contribution in [1.29, 1.82) is 0 Å². The highest BCUT2D eigenvalue weighted by Gasteiger charge is 2.11. The van der Waals surface area contributed by atoms with E-state index in [0.29, 0.717) is 0 Å². The summed E-state index contributed by atoms with van der Waals surface area (Å²) in [4.78, 5) is 15.9. The molecule has 0 aliphatic heterocycles. The Morgan fingerprint density at radius 3 is 2.84 bits per heavy atom. The Morgan fingerprint density at radius 2 is 2.16 bits per heavy atom. The highest BCUT2D eigenvalue weighted by Crippen LogP contribution is 2.25. The zero-order chi connectivity index (χ0) is 14.0. The molecule has 1 aromatic carbocycles. The van der Waals surface area contributed by atoms with Gasteiger partial charge in [-0.05, 0) is 26.0 Å². The van der Waals surface area contributed by atoms with E-state index in [0.717, 1.165) is 6.07 Å². The van der Waals surface area contributed by atoms with E-state index in [1.54, 1.807) is 6.20 Å². The molecule has 19 heavy (non-hydrogen) atoms. The summed E-state index contributed by atoms with van der Waals surface area (Å²) in [6, 6.07) is 3.67. The fraction of sp³-hybridized carbons (Fsp3) is 0.231. The average Bonchev–Trinajstić information content (AvgIpc) is 2.36. The molecule has 2 rings (SSSR count). The van der Waals surface area contributed by atoms with E-state index >= 15 is 0 Å². The summed E-state index contributed by atoms with van der Waals surface area (Å²) in [6.07, 6.45) is 3.01. The van der Waals surface area contributed by atoms with Gasteiger partial charge in [0.15, 0.2) is 5.75 Å². The molecule has 0 aliphatic carbocycles. The SMILES string of the molecule is CC(C)n1ccnc(Oc2cc(F)ccc2N)c1=O. The summed E-state index contributed by atoms with van der Waals surface area (Å²) in [5.74, 6) is -0.552. The second kappa shape index (κ2) is 5.09. The van der Waals surface area contributed by atoms with Gasteiger partial charge in [0.05, 0.1) is 5.69 Å². The van der Waals surface area contributed by atoms with Gasteiger partial charge in [0, 0.05) is 24.5 Å². The number of aromatic nitrogens is 2. The van der Waals surface area contributed by atoms with E-state index in [4.69, 9.17) is 10.5 Å². The number of hydrogen-bond acceptors (Lipinski definition) is 4. The first-order chi connectivity index (χ1) is 8.99. The third-order valence-corrected chi connectivity index (χ3v) is 2.58. The molecule has 0 bridgehead atoms. The third-order valence-electron chi connectivity index (χ3n) is 2.58. The molecule has 5 nitrogen and oxygen atoms in total. The molecule has 2 aromatic rings. The van der Waals surface area contributed by atoms with Gasteiger partial charge in [-0.3, -0.25) is 4.79 Å². The summed E-state index contributed by atoms with van der Waals surface area (Å²) in [5.41, 5.74) is 5.51. The molecule has 0 radical (unpaired) electrons. The van der Waals surface area contributed by atoms with E-state index in [1.807, 2.05) is 13.8 Å². The van der Waals surface area contributed by atoms with Gasteiger partial charge < -0.3 is 15.0 Å². The van der Waals surface area contributed by atoms with E-state index in [-0.39, 0.29) is 28.9 Å². The smallest absolute Gasteiger partial charge is 0.313 e. The summed E-state index contributed by atoms with van der Waals surface area (Å²) in [7, 11) is 0. The van der Waals surface area contributed by atoms with Crippen LogP contribution in [0.4, 0.5) is 10.1 Å². The molecule has 0 saturated carbocycles. The minimum absolute atomic E-state index is 0.0253. The van der Waals surface area contributed by atoms with Crippen LogP contribution in [0.3, 0.4) is 0 Å². The second-order valence-electron chi connectivity index (χ2n) is 4.32. The third kappa shape index (κ3) is 2.73. The number of nitrogens with zero attached hydrogens (tertiary/aromatic N) is 2. The Hall–Kier alpha value is -2.37. The first-order valence-corrected chi connectivity index (χ1v) is 5.79. The van der Waals surface area contributed by atoms with Crippen molar-refractivity contribution in [3.05, 3.63) is 46.8 Å². The van der Waals surface area contributed by atoms with Gasteiger partial charge in [0.2, 0.25) is 0 Å². The van der Waals surface area contributed by atoms with Crippen LogP contribution in [0.5, 0.6) is 11.6 Å². The fourth-order valence-electron chi connectivity index (χ4n) is 1.58. The number of benzene rings is 1. The van der Waals surface area contributed by atoms with Crippen LogP contribution in [0.2, 0.25) is 0 Å². The number of nitrogen functional groups attached to an aromatic ring is 1. The largest absolute Gasteiger partial charge is 0.432 e. The molecular formula is C13H14FN3O2. The molecule has 1 aromatic heterocycles. The van der Waals surface area contributed by atoms with Gasteiger partial charge in [-0.15, -0.1) is 0 Å². The van der Waals surface area contributed by atoms with Gasteiger partial charge in [-0.1, -0.05) is 0 Å². The average molecular weight is 263 g/mol. The fourth-order valence-corrected chi connectivity index (χ4v) is 1.58. The number of anilines is 1. The predicted octanol–water partition coefficient (Wildman–Crippen LogP) is 2.34. The van der Waals surface area contributed by atoms with Gasteiger partial charge >= 0.3 is 5.56 Å². The monoisotopic (exact) mass is 263 g/mol. The molecule has 2 N–H and O–H groups in total. The van der Waals surface area contributed by atoms with E-state index in [1.165, 1.54) is 22.9 Å². The first-order valence-electron chi connectivity index (χ1n) is 5.79. The van der Waals surface area contributed by atoms with Crippen molar-refractivity contribution in [3.63, 3.8) is 0 Å². The van der Waals surface area contributed by atoms with Crippen molar-refractivity contribution in [2.24, 2.45) is 0 Å². The molecule has 0 aliphatic rings. The zero-order valence-electron chi connectivity index (χ0n) is 10.6. The maximum absolute atomic E-state index is 13.1. The molecule has 1 heterocycles. The summed E-state index contributed by atoms with van der Waals surface area (Å²) in [6.45, 7) is 3.73. The highest BCUT2D eigenvalue weighted by atomic mass is 19.1. The highest BCUT2D eigenvalue weighted by molar-refractivity contribution is 5.53. The normalized spacial score (nSPS) is 10.7. The molecule has 0 saturated heterocycles. The number of ether oxygens (including phenoxy) is 1. The van der Waals surface area contributed by atoms with Crippen LogP contribution in [0.1, 0.15) is 19.9 Å². The topological polar surface area (TPSA) is 70.1 Å². The second-order valence-corrected chi connectivity index (χ2v) is 4.32. The van der Waals surface area contributed by atoms with Gasteiger partial charge in [0.25, 0.3) is 5.88 Å². The van der Waals surface area contributed by atoms with Crippen LogP contribution < -0.4 is 16.0 Å². The summed E-state index contributed by atoms with van der Waals surface area (Å²) in [5, 5.41) is 0. The van der Waals surface area contributed by atoms with Crippen molar-refractivity contribution in [1.82, 2.24) is 9.55 Å². The quantitative estimate of drug-likeness (QED) is 0.863. The Bertz CT molecular complexity index is 653. The Balaban J connectivity index is 2.42. The van der Waals surface area contributed by atoms with E-state index in [9.17, 15) is 9.18 Å². The molecule has 6 heteroatoms. The zero-order valence-corrected chi connectivity index (χ0v) is 10.6. The maximum atomic E-state index is 13.1. The molecule has 0 atom stereocenters. The summed E-state index contributed by atoms with van der Waals surface area (Å²) < 4.78 is 19.9.